The minimum absolute atomic E-state index is 0.303. The van der Waals surface area contributed by atoms with E-state index in [0.717, 1.165) is 0 Å². The summed E-state index contributed by atoms with van der Waals surface area (Å²) in [5.74, 6) is 0. The lowest BCUT2D eigenvalue weighted by atomic mass is 10.5. The van der Waals surface area contributed by atoms with Gasteiger partial charge in [-0.05, 0) is 0 Å². The number of nitrogens with zero attached hydrogens (tertiary/aromatic N) is 2. The van der Waals surface area contributed by atoms with Crippen LogP contribution in [0.1, 0.15) is 0 Å². The molecule has 1 N–H and O–H groups in total. The fraction of sp³-hybridized carbons (Fsp3) is 0. The van der Waals surface area contributed by atoms with Gasteiger partial charge in [0.25, 0.3) is 0 Å². The molecule has 2 heterocycles. The molecule has 0 aliphatic heterocycles. The molecule has 0 saturated carbocycles. The van der Waals surface area contributed by atoms with Crippen LogP contribution in [0.25, 0.3) is 12.1 Å². The lowest BCUT2D eigenvalue weighted by Gasteiger charge is -1.72. The highest BCUT2D eigenvalue weighted by molar-refractivity contribution is 5.40. The molecular weight excluding hydrogens is 130 g/mol. The number of aromatic nitrogens is 2. The van der Waals surface area contributed by atoms with Crippen molar-refractivity contribution in [3.63, 3.8) is 0 Å². The average molecular weight is 135 g/mol. The first-order valence-electron chi connectivity index (χ1n) is 2.78. The van der Waals surface area contributed by atoms with Crippen LogP contribution in [0.4, 0.5) is 0 Å². The Hall–Kier alpha value is -1.58. The number of hydrogen-bond acceptors (Lipinski definition) is 3. The zero-order chi connectivity index (χ0) is 7.14. The third-order valence-corrected chi connectivity index (χ3v) is 1.35. The molecule has 4 nitrogen and oxygen atoms in total. The summed E-state index contributed by atoms with van der Waals surface area (Å²) in [5, 5.41) is 7.67. The monoisotopic (exact) mass is 135 g/mol. The van der Waals surface area contributed by atoms with Gasteiger partial charge < -0.3 is 4.52 Å². The van der Waals surface area contributed by atoms with E-state index in [1.54, 1.807) is 6.20 Å². The van der Waals surface area contributed by atoms with E-state index in [4.69, 9.17) is 9.93 Å². The van der Waals surface area contributed by atoms with Crippen molar-refractivity contribution in [3.8, 4) is 0 Å². The van der Waals surface area contributed by atoms with Crippen molar-refractivity contribution < 1.29 is 4.52 Å². The molecule has 50 valence electrons. The van der Waals surface area contributed by atoms with Gasteiger partial charge in [-0.15, -0.1) is 0 Å². The minimum atomic E-state index is 0.303. The topological polar surface area (TPSA) is 54.3 Å². The Bertz CT molecular complexity index is 453. The second kappa shape index (κ2) is 1.47. The van der Waals surface area contributed by atoms with Crippen LogP contribution in [-0.2, 0) is 0 Å². The van der Waals surface area contributed by atoms with Crippen LogP contribution < -0.4 is 10.8 Å². The molecule has 10 heavy (non-hydrogen) atoms. The van der Waals surface area contributed by atoms with Crippen molar-refractivity contribution in [2.75, 3.05) is 0 Å². The molecule has 2 aromatic rings. The average Bonchev–Trinajstić information content (AvgIpc) is 2.41. The van der Waals surface area contributed by atoms with Crippen molar-refractivity contribution in [3.05, 3.63) is 23.3 Å². The molecule has 0 spiro atoms. The summed E-state index contributed by atoms with van der Waals surface area (Å²) in [4.78, 5) is 3.78. The Morgan fingerprint density at radius 1 is 1.70 bits per heavy atom. The molecule has 0 bridgehead atoms. The molecule has 0 radical (unpaired) electrons. The summed E-state index contributed by atoms with van der Waals surface area (Å²) in [6, 6.07) is 0. The van der Waals surface area contributed by atoms with E-state index in [2.05, 4.69) is 11.6 Å². The van der Waals surface area contributed by atoms with Crippen molar-refractivity contribution in [2.24, 2.45) is 0 Å². The summed E-state index contributed by atoms with van der Waals surface area (Å²) >= 11 is 0. The first-order valence-corrected chi connectivity index (χ1v) is 2.78. The van der Waals surface area contributed by atoms with E-state index in [0.29, 0.717) is 16.3 Å². The Morgan fingerprint density at radius 2 is 2.50 bits per heavy atom. The molecule has 0 aromatic carbocycles. The minimum Gasteiger partial charge on any atom is -0.372 e. The third-order valence-electron chi connectivity index (χ3n) is 1.35. The van der Waals surface area contributed by atoms with Gasteiger partial charge >= 0.3 is 0 Å². The molecule has 0 aliphatic rings. The Balaban J connectivity index is 3.24. The summed E-state index contributed by atoms with van der Waals surface area (Å²) in [5.41, 5.74) is 1.03. The van der Waals surface area contributed by atoms with E-state index in [9.17, 15) is 0 Å². The van der Waals surface area contributed by atoms with Crippen LogP contribution in [-0.4, -0.2) is 9.56 Å². The predicted octanol–water partition coefficient (Wildman–Crippen LogP) is -0.464. The van der Waals surface area contributed by atoms with Crippen molar-refractivity contribution in [1.29, 1.82) is 5.41 Å². The van der Waals surface area contributed by atoms with Crippen LogP contribution >= 0.6 is 0 Å². The van der Waals surface area contributed by atoms with Gasteiger partial charge in [0.05, 0.1) is 6.20 Å². The summed E-state index contributed by atoms with van der Waals surface area (Å²) < 4.78 is 6.42. The Kier molecular flexibility index (Phi) is 0.768. The number of hydrogen-bond donors (Lipinski definition) is 1. The molecule has 0 atom stereocenters. The smallest absolute Gasteiger partial charge is 0.175 e. The van der Waals surface area contributed by atoms with Gasteiger partial charge in [0.2, 0.25) is 0 Å². The molecule has 2 aromatic heterocycles. The fourth-order valence-electron chi connectivity index (χ4n) is 0.838. The Morgan fingerprint density at radius 3 is 3.20 bits per heavy atom. The van der Waals surface area contributed by atoms with E-state index in [-0.39, 0.29) is 0 Å². The first kappa shape index (κ1) is 5.22. The van der Waals surface area contributed by atoms with Gasteiger partial charge in [0.15, 0.2) is 5.42 Å². The SMILES string of the molecule is C=c1on2cncc2c1=N. The molecule has 0 amide bonds. The molecule has 0 unspecified atom stereocenters. The van der Waals surface area contributed by atoms with Gasteiger partial charge in [-0.1, -0.05) is 6.58 Å². The molecular formula is C6H5N3O. The van der Waals surface area contributed by atoms with Gasteiger partial charge in [-0.25, -0.2) is 4.98 Å². The molecule has 0 saturated heterocycles. The maximum Gasteiger partial charge on any atom is 0.175 e. The number of imidazole rings is 1. The molecule has 0 aliphatic carbocycles. The zero-order valence-electron chi connectivity index (χ0n) is 5.16. The highest BCUT2D eigenvalue weighted by Crippen LogP contribution is 1.89. The fourth-order valence-corrected chi connectivity index (χ4v) is 0.838. The molecule has 0 fully saturated rings. The molecule has 2 rings (SSSR count). The lowest BCUT2D eigenvalue weighted by molar-refractivity contribution is 0.352. The van der Waals surface area contributed by atoms with Crippen LogP contribution in [0.5, 0.6) is 0 Å². The molecule has 4 heteroatoms. The van der Waals surface area contributed by atoms with E-state index in [1.807, 2.05) is 0 Å². The second-order valence-corrected chi connectivity index (χ2v) is 1.99. The summed E-state index contributed by atoms with van der Waals surface area (Å²) in [6.45, 7) is 3.53. The van der Waals surface area contributed by atoms with Crippen molar-refractivity contribution in [1.82, 2.24) is 9.56 Å². The highest BCUT2D eigenvalue weighted by Gasteiger charge is 1.98. The van der Waals surface area contributed by atoms with Crippen LogP contribution in [0.2, 0.25) is 0 Å². The van der Waals surface area contributed by atoms with Gasteiger partial charge in [0.1, 0.15) is 17.2 Å². The second-order valence-electron chi connectivity index (χ2n) is 1.99. The van der Waals surface area contributed by atoms with Crippen LogP contribution in [0.15, 0.2) is 17.0 Å². The largest absolute Gasteiger partial charge is 0.372 e. The summed E-state index contributed by atoms with van der Waals surface area (Å²) in [6.07, 6.45) is 3.07. The van der Waals surface area contributed by atoms with E-state index >= 15 is 0 Å². The van der Waals surface area contributed by atoms with Crippen molar-refractivity contribution >= 4 is 12.1 Å². The lowest BCUT2D eigenvalue weighted by Crippen LogP contribution is -2.15. The Labute approximate surface area is 55.9 Å². The third kappa shape index (κ3) is 0.452. The van der Waals surface area contributed by atoms with E-state index < -0.39 is 0 Å². The zero-order valence-corrected chi connectivity index (χ0v) is 5.16. The van der Waals surface area contributed by atoms with Crippen LogP contribution in [0, 0.1) is 5.41 Å². The maximum absolute atomic E-state index is 7.37. The van der Waals surface area contributed by atoms with E-state index in [1.165, 1.54) is 10.9 Å². The standard InChI is InChI=1S/C6H5N3O/c1-4-6(7)5-2-8-3-9(5)10-4/h2-3,7H,1H2. The van der Waals surface area contributed by atoms with Gasteiger partial charge in [-0.2, -0.15) is 4.57 Å². The van der Waals surface area contributed by atoms with Gasteiger partial charge in [-0.3, -0.25) is 5.41 Å². The van der Waals surface area contributed by atoms with Crippen LogP contribution in [0.3, 0.4) is 0 Å². The van der Waals surface area contributed by atoms with Crippen molar-refractivity contribution in [2.45, 2.75) is 0 Å². The number of rotatable bonds is 0. The normalized spacial score (nSPS) is 10.8. The van der Waals surface area contributed by atoms with Gasteiger partial charge in [0, 0.05) is 0 Å². The first-order chi connectivity index (χ1) is 4.79. The quantitative estimate of drug-likeness (QED) is 0.531. The maximum atomic E-state index is 7.37. The highest BCUT2D eigenvalue weighted by atomic mass is 16.5. The number of fused-ring (bicyclic) bond motifs is 1. The predicted molar refractivity (Wildman–Crippen MR) is 34.1 cm³/mol. The number of nitrogens with one attached hydrogen (secondary N) is 1. The summed E-state index contributed by atoms with van der Waals surface area (Å²) in [7, 11) is 0.